The van der Waals surface area contributed by atoms with Gasteiger partial charge in [0.05, 0.1) is 11.6 Å². The fourth-order valence-corrected chi connectivity index (χ4v) is 2.34. The Bertz CT molecular complexity index is 355. The molecule has 0 saturated heterocycles. The van der Waals surface area contributed by atoms with Crippen LogP contribution in [0.5, 0.6) is 0 Å². The van der Waals surface area contributed by atoms with E-state index >= 15 is 0 Å². The van der Waals surface area contributed by atoms with Crippen molar-refractivity contribution < 1.29 is 0 Å². The summed E-state index contributed by atoms with van der Waals surface area (Å²) in [7, 11) is 0. The molecule has 1 rings (SSSR count). The Kier molecular flexibility index (Phi) is 2.77. The van der Waals surface area contributed by atoms with Crippen molar-refractivity contribution >= 4 is 15.9 Å². The van der Waals surface area contributed by atoms with Crippen LogP contribution in [0.25, 0.3) is 0 Å². The Morgan fingerprint density at radius 3 is 2.31 bits per heavy atom. The van der Waals surface area contributed by atoms with E-state index in [2.05, 4.69) is 42.8 Å². The second kappa shape index (κ2) is 3.51. The van der Waals surface area contributed by atoms with Gasteiger partial charge in [0, 0.05) is 4.47 Å². The minimum atomic E-state index is 0.00512. The van der Waals surface area contributed by atoms with Crippen molar-refractivity contribution in [1.82, 2.24) is 0 Å². The van der Waals surface area contributed by atoms with Crippen LogP contribution in [0.4, 0.5) is 0 Å². The van der Waals surface area contributed by atoms with Gasteiger partial charge in [-0.1, -0.05) is 42.8 Å². The number of nitrogens with zero attached hydrogens (tertiary/aromatic N) is 1. The van der Waals surface area contributed by atoms with Crippen molar-refractivity contribution in [1.29, 1.82) is 5.26 Å². The van der Waals surface area contributed by atoms with Gasteiger partial charge in [-0.25, -0.2) is 0 Å². The number of halogens is 1. The predicted octanol–water partition coefficient (Wildman–Crippen LogP) is 3.62. The Morgan fingerprint density at radius 1 is 1.31 bits per heavy atom. The van der Waals surface area contributed by atoms with Crippen molar-refractivity contribution in [2.45, 2.75) is 26.2 Å². The molecule has 0 fully saturated rings. The van der Waals surface area contributed by atoms with Crippen LogP contribution >= 0.6 is 15.9 Å². The largest absolute Gasteiger partial charge is 0.192 e. The first-order valence-corrected chi connectivity index (χ1v) is 4.95. The van der Waals surface area contributed by atoms with Crippen molar-refractivity contribution in [3.63, 3.8) is 0 Å². The highest BCUT2D eigenvalue weighted by molar-refractivity contribution is 9.10. The summed E-state index contributed by atoms with van der Waals surface area (Å²) in [6, 6.07) is 7.93. The van der Waals surface area contributed by atoms with E-state index < -0.39 is 0 Å². The molecule has 0 bridgehead atoms. The molecule has 0 saturated carbocycles. The van der Waals surface area contributed by atoms with E-state index in [0.717, 1.165) is 15.6 Å². The molecule has 1 aromatic rings. The van der Waals surface area contributed by atoms with E-state index in [-0.39, 0.29) is 5.41 Å². The lowest BCUT2D eigenvalue weighted by atomic mass is 9.84. The second-order valence-electron chi connectivity index (χ2n) is 4.02. The van der Waals surface area contributed by atoms with E-state index in [1.807, 2.05) is 18.2 Å². The lowest BCUT2D eigenvalue weighted by Crippen LogP contribution is -2.14. The highest BCUT2D eigenvalue weighted by Crippen LogP contribution is 2.32. The number of benzene rings is 1. The van der Waals surface area contributed by atoms with Gasteiger partial charge in [-0.3, -0.25) is 0 Å². The maximum atomic E-state index is 8.94. The first kappa shape index (κ1) is 10.3. The van der Waals surface area contributed by atoms with Gasteiger partial charge in [-0.05, 0) is 23.1 Å². The van der Waals surface area contributed by atoms with Crippen molar-refractivity contribution in [2.75, 3.05) is 0 Å². The molecule has 68 valence electrons. The Balaban J connectivity index is 3.43. The summed E-state index contributed by atoms with van der Waals surface area (Å²) in [5, 5.41) is 8.94. The third-order valence-electron chi connectivity index (χ3n) is 1.88. The van der Waals surface area contributed by atoms with Crippen LogP contribution in [0.15, 0.2) is 22.7 Å². The van der Waals surface area contributed by atoms with E-state index in [0.29, 0.717) is 0 Å². The topological polar surface area (TPSA) is 23.8 Å². The van der Waals surface area contributed by atoms with Gasteiger partial charge >= 0.3 is 0 Å². The molecular weight excluding hydrogens is 226 g/mol. The maximum Gasteiger partial charge on any atom is 0.0995 e. The minimum absolute atomic E-state index is 0.00512. The summed E-state index contributed by atoms with van der Waals surface area (Å²) in [5.74, 6) is 0. The lowest BCUT2D eigenvalue weighted by molar-refractivity contribution is 0.585. The molecule has 0 spiro atoms. The Hall–Kier alpha value is -0.810. The average molecular weight is 238 g/mol. The Labute approximate surface area is 87.5 Å². The molecule has 0 heterocycles. The van der Waals surface area contributed by atoms with Crippen molar-refractivity contribution in [3.8, 4) is 6.07 Å². The molecule has 1 nitrogen and oxygen atoms in total. The third kappa shape index (κ3) is 2.10. The molecule has 2 heteroatoms. The molecule has 1 aromatic carbocycles. The molecule has 0 aliphatic rings. The van der Waals surface area contributed by atoms with E-state index in [9.17, 15) is 0 Å². The maximum absolute atomic E-state index is 8.94. The van der Waals surface area contributed by atoms with Gasteiger partial charge in [0.2, 0.25) is 0 Å². The second-order valence-corrected chi connectivity index (χ2v) is 4.88. The molecule has 0 aliphatic heterocycles. The molecule has 13 heavy (non-hydrogen) atoms. The van der Waals surface area contributed by atoms with Gasteiger partial charge < -0.3 is 0 Å². The van der Waals surface area contributed by atoms with Crippen LogP contribution in [0, 0.1) is 11.3 Å². The standard InChI is InChI=1S/C11H12BrN/c1-11(2,3)10-8(7-13)5-4-6-9(10)12/h4-6H,1-3H3. The summed E-state index contributed by atoms with van der Waals surface area (Å²) in [6.45, 7) is 6.32. The SMILES string of the molecule is CC(C)(C)c1c(Br)cccc1C#N. The van der Waals surface area contributed by atoms with Crippen LogP contribution in [0.2, 0.25) is 0 Å². The monoisotopic (exact) mass is 237 g/mol. The minimum Gasteiger partial charge on any atom is -0.192 e. The highest BCUT2D eigenvalue weighted by atomic mass is 79.9. The zero-order valence-electron chi connectivity index (χ0n) is 8.06. The van der Waals surface area contributed by atoms with Gasteiger partial charge in [0.1, 0.15) is 0 Å². The summed E-state index contributed by atoms with van der Waals surface area (Å²) in [5.41, 5.74) is 1.84. The average Bonchev–Trinajstić information content (AvgIpc) is 2.01. The zero-order chi connectivity index (χ0) is 10.1. The normalized spacial score (nSPS) is 11.0. The smallest absolute Gasteiger partial charge is 0.0995 e. The van der Waals surface area contributed by atoms with Gasteiger partial charge in [-0.15, -0.1) is 0 Å². The van der Waals surface area contributed by atoms with Crippen molar-refractivity contribution in [3.05, 3.63) is 33.8 Å². The zero-order valence-corrected chi connectivity index (χ0v) is 9.64. The summed E-state index contributed by atoms with van der Waals surface area (Å²) >= 11 is 3.47. The first-order valence-electron chi connectivity index (χ1n) is 4.16. The van der Waals surface area contributed by atoms with Crippen LogP contribution in [0.1, 0.15) is 31.9 Å². The summed E-state index contributed by atoms with van der Waals surface area (Å²) < 4.78 is 1.01. The van der Waals surface area contributed by atoms with Gasteiger partial charge in [0.15, 0.2) is 0 Å². The summed E-state index contributed by atoms with van der Waals surface area (Å²) in [4.78, 5) is 0. The molecule has 0 amide bonds. The molecule has 0 N–H and O–H groups in total. The molecule has 0 aromatic heterocycles. The fraction of sp³-hybridized carbons (Fsp3) is 0.364. The number of hydrogen-bond acceptors (Lipinski definition) is 1. The van der Waals surface area contributed by atoms with Crippen molar-refractivity contribution in [2.24, 2.45) is 0 Å². The lowest BCUT2D eigenvalue weighted by Gasteiger charge is -2.21. The fourth-order valence-electron chi connectivity index (χ4n) is 1.38. The Morgan fingerprint density at radius 2 is 1.92 bits per heavy atom. The van der Waals surface area contributed by atoms with E-state index in [1.54, 1.807) is 0 Å². The molecule has 0 radical (unpaired) electrons. The van der Waals surface area contributed by atoms with E-state index in [4.69, 9.17) is 5.26 Å². The van der Waals surface area contributed by atoms with Crippen LogP contribution in [-0.4, -0.2) is 0 Å². The quantitative estimate of drug-likeness (QED) is 0.677. The van der Waals surface area contributed by atoms with E-state index in [1.165, 1.54) is 0 Å². The highest BCUT2D eigenvalue weighted by Gasteiger charge is 2.20. The molecule has 0 atom stereocenters. The summed E-state index contributed by atoms with van der Waals surface area (Å²) in [6.07, 6.45) is 0. The number of hydrogen-bond donors (Lipinski definition) is 0. The van der Waals surface area contributed by atoms with Gasteiger partial charge in [0.25, 0.3) is 0 Å². The molecule has 0 aliphatic carbocycles. The predicted molar refractivity (Wildman–Crippen MR) is 57.6 cm³/mol. The van der Waals surface area contributed by atoms with Crippen LogP contribution in [-0.2, 0) is 5.41 Å². The van der Waals surface area contributed by atoms with Crippen LogP contribution < -0.4 is 0 Å². The van der Waals surface area contributed by atoms with Gasteiger partial charge in [-0.2, -0.15) is 5.26 Å². The third-order valence-corrected chi connectivity index (χ3v) is 2.54. The first-order chi connectivity index (χ1) is 5.96. The van der Waals surface area contributed by atoms with Crippen LogP contribution in [0.3, 0.4) is 0 Å². The number of rotatable bonds is 0. The molecule has 0 unspecified atom stereocenters. The molecular formula is C11H12BrN. The number of nitriles is 1.